The second-order valence-corrected chi connectivity index (χ2v) is 6.61. The number of ether oxygens (including phenoxy) is 1. The summed E-state index contributed by atoms with van der Waals surface area (Å²) in [5.41, 5.74) is 1.95. The van der Waals surface area contributed by atoms with Crippen molar-refractivity contribution in [3.05, 3.63) is 41.6 Å². The molecule has 1 saturated carbocycles. The first-order valence-electron chi connectivity index (χ1n) is 8.12. The Morgan fingerprint density at radius 2 is 2.17 bits per heavy atom. The predicted octanol–water partition coefficient (Wildman–Crippen LogP) is 1.63. The fraction of sp³-hybridized carbons (Fsp3) is 0.471. The van der Waals surface area contributed by atoms with Crippen LogP contribution in [0.5, 0.6) is 0 Å². The molecule has 0 radical (unpaired) electrons. The molecule has 7 heteroatoms. The van der Waals surface area contributed by atoms with E-state index in [1.165, 1.54) is 18.9 Å². The molecule has 24 heavy (non-hydrogen) atoms. The lowest BCUT2D eigenvalue weighted by Gasteiger charge is -2.21. The molecule has 1 aliphatic carbocycles. The highest BCUT2D eigenvalue weighted by Crippen LogP contribution is 2.45. The van der Waals surface area contributed by atoms with Crippen molar-refractivity contribution >= 4 is 11.8 Å². The van der Waals surface area contributed by atoms with E-state index < -0.39 is 5.97 Å². The molecule has 0 spiro atoms. The molecular weight excluding hydrogens is 308 g/mol. The van der Waals surface area contributed by atoms with Crippen LogP contribution in [0.2, 0.25) is 0 Å². The molecule has 0 amide bonds. The van der Waals surface area contributed by atoms with Crippen molar-refractivity contribution in [2.75, 3.05) is 25.1 Å². The Kier molecular flexibility index (Phi) is 3.72. The van der Waals surface area contributed by atoms with Gasteiger partial charge in [0.15, 0.2) is 5.69 Å². The molecule has 0 aromatic carbocycles. The molecule has 7 nitrogen and oxygen atoms in total. The van der Waals surface area contributed by atoms with E-state index in [1.807, 2.05) is 6.07 Å². The molecule has 2 aliphatic rings. The molecule has 0 bridgehead atoms. The fourth-order valence-corrected chi connectivity index (χ4v) is 3.44. The minimum atomic E-state index is -1.02. The number of carbonyl (C=O) groups is 1. The Bertz CT molecular complexity index is 763. The van der Waals surface area contributed by atoms with Crippen LogP contribution >= 0.6 is 0 Å². The van der Waals surface area contributed by atoms with Crippen LogP contribution in [0.3, 0.4) is 0 Å². The van der Waals surface area contributed by atoms with E-state index in [-0.39, 0.29) is 5.69 Å². The van der Waals surface area contributed by atoms with E-state index in [2.05, 4.69) is 16.0 Å². The number of aromatic nitrogens is 3. The van der Waals surface area contributed by atoms with E-state index in [9.17, 15) is 4.79 Å². The Labute approximate surface area is 139 Å². The van der Waals surface area contributed by atoms with Gasteiger partial charge in [0.1, 0.15) is 5.82 Å². The number of hydrogen-bond donors (Lipinski definition) is 1. The molecule has 126 valence electrons. The summed E-state index contributed by atoms with van der Waals surface area (Å²) in [5.74, 6) is 1.71. The Hall–Kier alpha value is -2.41. The molecule has 1 aliphatic heterocycles. The van der Waals surface area contributed by atoms with Crippen LogP contribution in [0.15, 0.2) is 24.7 Å². The maximum atomic E-state index is 10.9. The SMILES string of the molecule is COCc1nc(N2CC3CC3C2)ccc1Cn1cnc(C(=O)O)c1. The van der Waals surface area contributed by atoms with Gasteiger partial charge in [0.2, 0.25) is 0 Å². The van der Waals surface area contributed by atoms with Crippen LogP contribution in [0.25, 0.3) is 0 Å². The van der Waals surface area contributed by atoms with Gasteiger partial charge >= 0.3 is 5.97 Å². The lowest BCUT2D eigenvalue weighted by atomic mass is 10.2. The average Bonchev–Trinajstić information content (AvgIpc) is 2.98. The van der Waals surface area contributed by atoms with Gasteiger partial charge in [-0.2, -0.15) is 0 Å². The number of pyridine rings is 1. The summed E-state index contributed by atoms with van der Waals surface area (Å²) in [6, 6.07) is 4.11. The zero-order valence-electron chi connectivity index (χ0n) is 13.6. The zero-order chi connectivity index (χ0) is 16.7. The van der Waals surface area contributed by atoms with Gasteiger partial charge < -0.3 is 19.3 Å². The largest absolute Gasteiger partial charge is 0.476 e. The zero-order valence-corrected chi connectivity index (χ0v) is 13.6. The van der Waals surface area contributed by atoms with Crippen molar-refractivity contribution in [2.45, 2.75) is 19.6 Å². The van der Waals surface area contributed by atoms with Crippen LogP contribution in [0.4, 0.5) is 5.82 Å². The first-order chi connectivity index (χ1) is 11.6. The number of fused-ring (bicyclic) bond motifs is 1. The second-order valence-electron chi connectivity index (χ2n) is 6.61. The Morgan fingerprint density at radius 1 is 1.38 bits per heavy atom. The van der Waals surface area contributed by atoms with E-state index in [1.54, 1.807) is 11.7 Å². The molecule has 3 heterocycles. The van der Waals surface area contributed by atoms with Gasteiger partial charge in [0.25, 0.3) is 0 Å². The number of aromatic carboxylic acids is 1. The summed E-state index contributed by atoms with van der Waals surface area (Å²) in [4.78, 5) is 22.0. The minimum Gasteiger partial charge on any atom is -0.476 e. The lowest BCUT2D eigenvalue weighted by Crippen LogP contribution is -2.23. The van der Waals surface area contributed by atoms with E-state index in [4.69, 9.17) is 14.8 Å². The van der Waals surface area contributed by atoms with Gasteiger partial charge in [-0.3, -0.25) is 0 Å². The van der Waals surface area contributed by atoms with Crippen molar-refractivity contribution in [1.29, 1.82) is 0 Å². The van der Waals surface area contributed by atoms with Crippen molar-refractivity contribution in [3.8, 4) is 0 Å². The topological polar surface area (TPSA) is 80.5 Å². The number of rotatable bonds is 6. The third kappa shape index (κ3) is 2.87. The molecule has 1 N–H and O–H groups in total. The summed E-state index contributed by atoms with van der Waals surface area (Å²) >= 11 is 0. The molecule has 2 atom stereocenters. The quantitative estimate of drug-likeness (QED) is 0.868. The third-order valence-electron chi connectivity index (χ3n) is 4.84. The summed E-state index contributed by atoms with van der Waals surface area (Å²) in [6.45, 7) is 3.17. The van der Waals surface area contributed by atoms with Crippen LogP contribution in [0, 0.1) is 11.8 Å². The minimum absolute atomic E-state index is 0.0455. The maximum absolute atomic E-state index is 10.9. The molecule has 2 aromatic heterocycles. The maximum Gasteiger partial charge on any atom is 0.356 e. The molecular formula is C17H20N4O3. The Balaban J connectivity index is 1.55. The number of carboxylic acid groups (broad SMARTS) is 1. The smallest absolute Gasteiger partial charge is 0.356 e. The first kappa shape index (κ1) is 15.1. The summed E-state index contributed by atoms with van der Waals surface area (Å²) in [6.07, 6.45) is 4.43. The lowest BCUT2D eigenvalue weighted by molar-refractivity contribution is 0.0691. The highest BCUT2D eigenvalue weighted by molar-refractivity contribution is 5.84. The molecule has 1 saturated heterocycles. The van der Waals surface area contributed by atoms with Crippen LogP contribution in [-0.4, -0.2) is 45.8 Å². The van der Waals surface area contributed by atoms with Crippen molar-refractivity contribution in [2.24, 2.45) is 11.8 Å². The monoisotopic (exact) mass is 328 g/mol. The number of imidazole rings is 1. The van der Waals surface area contributed by atoms with Gasteiger partial charge in [-0.25, -0.2) is 14.8 Å². The predicted molar refractivity (Wildman–Crippen MR) is 87.0 cm³/mol. The number of piperidine rings is 1. The van der Waals surface area contributed by atoms with E-state index in [0.717, 1.165) is 42.0 Å². The molecule has 2 aromatic rings. The number of hydrogen-bond acceptors (Lipinski definition) is 5. The third-order valence-corrected chi connectivity index (χ3v) is 4.84. The van der Waals surface area contributed by atoms with Gasteiger partial charge in [0.05, 0.1) is 25.2 Å². The van der Waals surface area contributed by atoms with Crippen molar-refractivity contribution in [1.82, 2.24) is 14.5 Å². The normalized spacial score (nSPS) is 21.8. The van der Waals surface area contributed by atoms with Crippen LogP contribution in [-0.2, 0) is 17.9 Å². The highest BCUT2D eigenvalue weighted by atomic mass is 16.5. The van der Waals surface area contributed by atoms with Gasteiger partial charge in [-0.05, 0) is 29.9 Å². The fourth-order valence-electron chi connectivity index (χ4n) is 3.44. The number of anilines is 1. The second kappa shape index (κ2) is 5.90. The summed E-state index contributed by atoms with van der Waals surface area (Å²) in [7, 11) is 1.66. The standard InChI is InChI=1S/C17H20N4O3/c1-24-9-15-11(5-20-8-14(17(22)23)18-10-20)2-3-16(19-15)21-6-12-4-13(12)7-21/h2-3,8,10,12-13H,4-7,9H2,1H3,(H,22,23). The molecule has 2 unspecified atom stereocenters. The number of methoxy groups -OCH3 is 1. The van der Waals surface area contributed by atoms with Crippen molar-refractivity contribution < 1.29 is 14.6 Å². The van der Waals surface area contributed by atoms with Crippen LogP contribution in [0.1, 0.15) is 28.2 Å². The summed E-state index contributed by atoms with van der Waals surface area (Å²) < 4.78 is 7.05. The van der Waals surface area contributed by atoms with Gasteiger partial charge in [0, 0.05) is 26.4 Å². The summed E-state index contributed by atoms with van der Waals surface area (Å²) in [5, 5.41) is 8.97. The van der Waals surface area contributed by atoms with Gasteiger partial charge in [-0.15, -0.1) is 0 Å². The first-order valence-corrected chi connectivity index (χ1v) is 8.12. The number of nitrogens with zero attached hydrogens (tertiary/aromatic N) is 4. The molecule has 2 fully saturated rings. The highest BCUT2D eigenvalue weighted by Gasteiger charge is 2.45. The Morgan fingerprint density at radius 3 is 2.83 bits per heavy atom. The van der Waals surface area contributed by atoms with Crippen LogP contribution < -0.4 is 4.90 Å². The average molecular weight is 328 g/mol. The molecule has 4 rings (SSSR count). The van der Waals surface area contributed by atoms with E-state index in [0.29, 0.717) is 13.2 Å². The number of carboxylic acids is 1. The van der Waals surface area contributed by atoms with E-state index >= 15 is 0 Å². The van der Waals surface area contributed by atoms with Gasteiger partial charge in [-0.1, -0.05) is 6.07 Å². The van der Waals surface area contributed by atoms with Crippen molar-refractivity contribution in [3.63, 3.8) is 0 Å².